The normalized spacial score (nSPS) is 19.6. The van der Waals surface area contributed by atoms with Crippen molar-refractivity contribution in [1.82, 2.24) is 10.2 Å². The van der Waals surface area contributed by atoms with Crippen LogP contribution in [0.2, 0.25) is 0 Å². The molecule has 1 fully saturated rings. The summed E-state index contributed by atoms with van der Waals surface area (Å²) in [6.07, 6.45) is 4.38. The molecule has 3 heterocycles. The minimum atomic E-state index is -0.393. The van der Waals surface area contributed by atoms with Gasteiger partial charge in [0.05, 0.1) is 4.88 Å². The van der Waals surface area contributed by atoms with Crippen LogP contribution in [0.25, 0.3) is 0 Å². The van der Waals surface area contributed by atoms with Gasteiger partial charge < -0.3 is 16.0 Å². The SMILES string of the molecule is NC(=O)c1cc2c(s1)CCN(C(=O)c1ccc(CC3CCCNC3)cc1)C2. The molecule has 2 aliphatic rings. The van der Waals surface area contributed by atoms with Crippen LogP contribution < -0.4 is 11.1 Å². The van der Waals surface area contributed by atoms with E-state index < -0.39 is 5.91 Å². The summed E-state index contributed by atoms with van der Waals surface area (Å²) in [6, 6.07) is 9.92. The smallest absolute Gasteiger partial charge is 0.258 e. The Morgan fingerprint density at radius 2 is 2.07 bits per heavy atom. The zero-order valence-corrected chi connectivity index (χ0v) is 16.2. The van der Waals surface area contributed by atoms with Gasteiger partial charge in [-0.3, -0.25) is 9.59 Å². The van der Waals surface area contributed by atoms with Crippen LogP contribution in [-0.2, 0) is 19.4 Å². The highest BCUT2D eigenvalue weighted by Gasteiger charge is 2.24. The third-order valence-corrected chi connectivity index (χ3v) is 6.77. The van der Waals surface area contributed by atoms with Crippen LogP contribution in [0.3, 0.4) is 0 Å². The molecule has 0 bridgehead atoms. The van der Waals surface area contributed by atoms with Crippen molar-refractivity contribution in [3.8, 4) is 0 Å². The number of amides is 2. The lowest BCUT2D eigenvalue weighted by Gasteiger charge is -2.27. The molecule has 27 heavy (non-hydrogen) atoms. The average Bonchev–Trinajstić information content (AvgIpc) is 3.12. The molecule has 0 radical (unpaired) electrons. The summed E-state index contributed by atoms with van der Waals surface area (Å²) in [5.41, 5.74) is 8.46. The third-order valence-electron chi connectivity index (χ3n) is 5.52. The summed E-state index contributed by atoms with van der Waals surface area (Å²) in [5, 5.41) is 3.46. The number of benzene rings is 1. The van der Waals surface area contributed by atoms with Crippen LogP contribution in [0, 0.1) is 5.92 Å². The number of primary amides is 1. The maximum absolute atomic E-state index is 12.9. The monoisotopic (exact) mass is 383 g/mol. The molecule has 0 aliphatic carbocycles. The number of nitrogens with zero attached hydrogens (tertiary/aromatic N) is 1. The lowest BCUT2D eigenvalue weighted by molar-refractivity contribution is 0.0736. The van der Waals surface area contributed by atoms with Crippen molar-refractivity contribution in [2.75, 3.05) is 19.6 Å². The number of piperidine rings is 1. The van der Waals surface area contributed by atoms with Crippen molar-refractivity contribution in [1.29, 1.82) is 0 Å². The molecule has 5 nitrogen and oxygen atoms in total. The van der Waals surface area contributed by atoms with Crippen molar-refractivity contribution < 1.29 is 9.59 Å². The molecule has 2 aromatic rings. The van der Waals surface area contributed by atoms with Gasteiger partial charge >= 0.3 is 0 Å². The standard InChI is InChI=1S/C21H25N3O2S/c22-20(25)19-11-17-13-24(9-7-18(17)27-19)21(26)16-5-3-14(4-6-16)10-15-2-1-8-23-12-15/h3-6,11,15,23H,1-2,7-10,12-13H2,(H2,22,25). The van der Waals surface area contributed by atoms with Crippen molar-refractivity contribution in [2.24, 2.45) is 11.7 Å². The second kappa shape index (κ2) is 7.82. The topological polar surface area (TPSA) is 75.4 Å². The number of rotatable bonds is 4. The zero-order valence-electron chi connectivity index (χ0n) is 15.4. The van der Waals surface area contributed by atoms with E-state index in [1.165, 1.54) is 34.6 Å². The number of thiophene rings is 1. The lowest BCUT2D eigenvalue weighted by Crippen LogP contribution is -2.35. The second-order valence-corrected chi connectivity index (χ2v) is 8.65. The highest BCUT2D eigenvalue weighted by molar-refractivity contribution is 7.14. The van der Waals surface area contributed by atoms with Gasteiger partial charge in [-0.1, -0.05) is 12.1 Å². The van der Waals surface area contributed by atoms with Gasteiger partial charge in [-0.25, -0.2) is 0 Å². The molecule has 0 saturated carbocycles. The lowest BCUT2D eigenvalue weighted by atomic mass is 9.92. The molecular weight excluding hydrogens is 358 g/mol. The van der Waals surface area contributed by atoms with Crippen LogP contribution in [-0.4, -0.2) is 36.3 Å². The molecule has 1 saturated heterocycles. The molecule has 2 aliphatic heterocycles. The molecule has 6 heteroatoms. The average molecular weight is 384 g/mol. The molecule has 1 unspecified atom stereocenters. The predicted molar refractivity (Wildman–Crippen MR) is 107 cm³/mol. The first kappa shape index (κ1) is 18.2. The zero-order chi connectivity index (χ0) is 18.8. The molecule has 1 aromatic heterocycles. The van der Waals surface area contributed by atoms with Crippen molar-refractivity contribution in [3.05, 3.63) is 56.8 Å². The van der Waals surface area contributed by atoms with Crippen LogP contribution in [0.15, 0.2) is 30.3 Å². The number of carbonyl (C=O) groups excluding carboxylic acids is 2. The highest BCUT2D eigenvalue weighted by Crippen LogP contribution is 2.28. The van der Waals surface area contributed by atoms with E-state index >= 15 is 0 Å². The van der Waals surface area contributed by atoms with Gasteiger partial charge in [-0.15, -0.1) is 11.3 Å². The Labute approximate surface area is 163 Å². The fraction of sp³-hybridized carbons (Fsp3) is 0.429. The Morgan fingerprint density at radius 1 is 1.26 bits per heavy atom. The summed E-state index contributed by atoms with van der Waals surface area (Å²) in [6.45, 7) is 3.45. The highest BCUT2D eigenvalue weighted by atomic mass is 32.1. The van der Waals surface area contributed by atoms with Gasteiger partial charge in [0.25, 0.3) is 11.8 Å². The maximum atomic E-state index is 12.9. The van der Waals surface area contributed by atoms with E-state index in [1.807, 2.05) is 23.1 Å². The minimum Gasteiger partial charge on any atom is -0.365 e. The molecule has 0 spiro atoms. The molecule has 1 aromatic carbocycles. The quantitative estimate of drug-likeness (QED) is 0.852. The van der Waals surface area contributed by atoms with Gasteiger partial charge in [-0.2, -0.15) is 0 Å². The van der Waals surface area contributed by atoms with Gasteiger partial charge in [0.15, 0.2) is 0 Å². The van der Waals surface area contributed by atoms with Crippen LogP contribution >= 0.6 is 11.3 Å². The van der Waals surface area contributed by atoms with E-state index in [0.717, 1.165) is 37.1 Å². The summed E-state index contributed by atoms with van der Waals surface area (Å²) in [5.74, 6) is 0.355. The molecule has 1 atom stereocenters. The fourth-order valence-electron chi connectivity index (χ4n) is 4.03. The predicted octanol–water partition coefficient (Wildman–Crippen LogP) is 2.59. The van der Waals surface area contributed by atoms with Gasteiger partial charge in [-0.05, 0) is 74.0 Å². The van der Waals surface area contributed by atoms with Gasteiger partial charge in [0.1, 0.15) is 0 Å². The fourth-order valence-corrected chi connectivity index (χ4v) is 5.04. The summed E-state index contributed by atoms with van der Waals surface area (Å²) >= 11 is 1.45. The van der Waals surface area contributed by atoms with E-state index in [4.69, 9.17) is 5.73 Å². The third kappa shape index (κ3) is 4.06. The Kier molecular flexibility index (Phi) is 5.27. The van der Waals surface area contributed by atoms with Crippen molar-refractivity contribution in [2.45, 2.75) is 32.2 Å². The van der Waals surface area contributed by atoms with E-state index in [-0.39, 0.29) is 5.91 Å². The largest absolute Gasteiger partial charge is 0.365 e. The Morgan fingerprint density at radius 3 is 2.78 bits per heavy atom. The van der Waals surface area contributed by atoms with Crippen LogP contribution in [0.4, 0.5) is 0 Å². The summed E-state index contributed by atoms with van der Waals surface area (Å²) in [7, 11) is 0. The first-order valence-corrected chi connectivity index (χ1v) is 10.4. The van der Waals surface area contributed by atoms with Gasteiger partial charge in [0.2, 0.25) is 0 Å². The maximum Gasteiger partial charge on any atom is 0.258 e. The number of nitrogens with two attached hydrogens (primary N) is 1. The molecule has 3 N–H and O–H groups in total. The van der Waals surface area contributed by atoms with E-state index in [2.05, 4.69) is 17.4 Å². The molecular formula is C21H25N3O2S. The van der Waals surface area contributed by atoms with E-state index in [9.17, 15) is 9.59 Å². The molecule has 4 rings (SSSR count). The Bertz CT molecular complexity index is 838. The number of hydrogen-bond donors (Lipinski definition) is 2. The first-order chi connectivity index (χ1) is 13.1. The van der Waals surface area contributed by atoms with Crippen LogP contribution in [0.1, 0.15) is 48.9 Å². The van der Waals surface area contributed by atoms with Crippen molar-refractivity contribution >= 4 is 23.2 Å². The van der Waals surface area contributed by atoms with E-state index in [1.54, 1.807) is 0 Å². The minimum absolute atomic E-state index is 0.0540. The molecule has 142 valence electrons. The van der Waals surface area contributed by atoms with Gasteiger partial charge in [0, 0.05) is 23.5 Å². The number of nitrogens with one attached hydrogen (secondary N) is 1. The Balaban J connectivity index is 1.41. The van der Waals surface area contributed by atoms with E-state index in [0.29, 0.717) is 23.9 Å². The van der Waals surface area contributed by atoms with Crippen molar-refractivity contribution in [3.63, 3.8) is 0 Å². The Hall–Kier alpha value is -2.18. The number of fused-ring (bicyclic) bond motifs is 1. The van der Waals surface area contributed by atoms with Crippen LogP contribution in [0.5, 0.6) is 0 Å². The number of carbonyl (C=O) groups is 2. The molecule has 2 amide bonds. The first-order valence-electron chi connectivity index (χ1n) is 9.60. The summed E-state index contributed by atoms with van der Waals surface area (Å²) < 4.78 is 0. The number of hydrogen-bond acceptors (Lipinski definition) is 4. The summed E-state index contributed by atoms with van der Waals surface area (Å²) in [4.78, 5) is 27.9. The second-order valence-electron chi connectivity index (χ2n) is 7.51.